The van der Waals surface area contributed by atoms with Crippen molar-refractivity contribution in [2.75, 3.05) is 14.1 Å². The maximum absolute atomic E-state index is 10.0. The van der Waals surface area contributed by atoms with E-state index in [1.807, 2.05) is 0 Å². The summed E-state index contributed by atoms with van der Waals surface area (Å²) in [4.78, 5) is 2.20. The standard InChI is InChI=1S/C12H23NO/c1-13(2)11-7-9-5-3-4-6-10(9)8-12(11)14/h9-12,14H,3-8H2,1-2H3/t9-,10-,11-,12+/m1/s1. The van der Waals surface area contributed by atoms with E-state index in [9.17, 15) is 5.11 Å². The van der Waals surface area contributed by atoms with Crippen molar-refractivity contribution in [3.05, 3.63) is 0 Å². The quantitative estimate of drug-likeness (QED) is 0.694. The van der Waals surface area contributed by atoms with Crippen molar-refractivity contribution in [1.29, 1.82) is 0 Å². The Morgan fingerprint density at radius 2 is 1.57 bits per heavy atom. The van der Waals surface area contributed by atoms with E-state index >= 15 is 0 Å². The fraction of sp³-hybridized carbons (Fsp3) is 1.00. The van der Waals surface area contributed by atoms with Crippen LogP contribution in [-0.2, 0) is 0 Å². The molecule has 2 rings (SSSR count). The van der Waals surface area contributed by atoms with Crippen molar-refractivity contribution in [2.24, 2.45) is 11.8 Å². The van der Waals surface area contributed by atoms with Gasteiger partial charge in [-0.25, -0.2) is 0 Å². The first kappa shape index (κ1) is 10.4. The minimum atomic E-state index is -0.0793. The molecule has 2 aliphatic carbocycles. The van der Waals surface area contributed by atoms with E-state index in [2.05, 4.69) is 19.0 Å². The van der Waals surface area contributed by atoms with Gasteiger partial charge < -0.3 is 10.0 Å². The number of likely N-dealkylation sites (N-methyl/N-ethyl adjacent to an activating group) is 1. The molecule has 0 saturated heterocycles. The lowest BCUT2D eigenvalue weighted by atomic mass is 9.68. The summed E-state index contributed by atoms with van der Waals surface area (Å²) in [5.41, 5.74) is 0. The number of hydrogen-bond donors (Lipinski definition) is 1. The summed E-state index contributed by atoms with van der Waals surface area (Å²) in [5, 5.41) is 10.0. The largest absolute Gasteiger partial charge is 0.391 e. The molecule has 0 aromatic rings. The van der Waals surface area contributed by atoms with Gasteiger partial charge >= 0.3 is 0 Å². The van der Waals surface area contributed by atoms with Crippen LogP contribution in [0.5, 0.6) is 0 Å². The van der Waals surface area contributed by atoms with Gasteiger partial charge in [-0.1, -0.05) is 25.7 Å². The molecule has 0 radical (unpaired) electrons. The van der Waals surface area contributed by atoms with E-state index in [1.54, 1.807) is 0 Å². The monoisotopic (exact) mass is 197 g/mol. The number of fused-ring (bicyclic) bond motifs is 1. The fourth-order valence-corrected chi connectivity index (χ4v) is 3.39. The molecule has 0 heterocycles. The third-order valence-electron chi connectivity index (χ3n) is 4.26. The number of aliphatic hydroxyl groups excluding tert-OH is 1. The molecule has 2 fully saturated rings. The van der Waals surface area contributed by atoms with Crippen LogP contribution in [0.4, 0.5) is 0 Å². The second-order valence-corrected chi connectivity index (χ2v) is 5.37. The van der Waals surface area contributed by atoms with Crippen molar-refractivity contribution >= 4 is 0 Å². The highest BCUT2D eigenvalue weighted by atomic mass is 16.3. The van der Waals surface area contributed by atoms with Crippen molar-refractivity contribution in [3.63, 3.8) is 0 Å². The van der Waals surface area contributed by atoms with E-state index in [4.69, 9.17) is 0 Å². The highest BCUT2D eigenvalue weighted by Gasteiger charge is 2.37. The molecule has 2 saturated carbocycles. The lowest BCUT2D eigenvalue weighted by molar-refractivity contribution is -0.0157. The average molecular weight is 197 g/mol. The van der Waals surface area contributed by atoms with Crippen molar-refractivity contribution in [3.8, 4) is 0 Å². The van der Waals surface area contributed by atoms with Gasteiger partial charge in [0.05, 0.1) is 6.10 Å². The van der Waals surface area contributed by atoms with E-state index in [0.29, 0.717) is 6.04 Å². The van der Waals surface area contributed by atoms with E-state index in [1.165, 1.54) is 32.1 Å². The molecule has 0 amide bonds. The number of nitrogens with zero attached hydrogens (tertiary/aromatic N) is 1. The molecule has 0 unspecified atom stereocenters. The molecule has 1 N–H and O–H groups in total. The van der Waals surface area contributed by atoms with Crippen molar-refractivity contribution in [1.82, 2.24) is 4.90 Å². The Balaban J connectivity index is 1.99. The number of rotatable bonds is 1. The predicted molar refractivity (Wildman–Crippen MR) is 58.2 cm³/mol. The number of aliphatic hydroxyl groups is 1. The summed E-state index contributed by atoms with van der Waals surface area (Å²) in [6, 6.07) is 0.411. The normalized spacial score (nSPS) is 43.7. The molecule has 2 aliphatic rings. The van der Waals surface area contributed by atoms with Gasteiger partial charge in [-0.3, -0.25) is 0 Å². The first-order valence-corrected chi connectivity index (χ1v) is 6.03. The van der Waals surface area contributed by atoms with E-state index < -0.39 is 0 Å². The molecular weight excluding hydrogens is 174 g/mol. The van der Waals surface area contributed by atoms with Gasteiger partial charge in [0.25, 0.3) is 0 Å². The van der Waals surface area contributed by atoms with Gasteiger partial charge in [0.1, 0.15) is 0 Å². The van der Waals surface area contributed by atoms with Gasteiger partial charge in [0.2, 0.25) is 0 Å². The SMILES string of the molecule is CN(C)[C@@H]1C[C@H]2CCCC[C@@H]2C[C@@H]1O. The lowest BCUT2D eigenvalue weighted by Crippen LogP contribution is -2.47. The number of hydrogen-bond acceptors (Lipinski definition) is 2. The molecule has 2 heteroatoms. The van der Waals surface area contributed by atoms with Gasteiger partial charge in [-0.15, -0.1) is 0 Å². The summed E-state index contributed by atoms with van der Waals surface area (Å²) in [6.45, 7) is 0. The Morgan fingerprint density at radius 3 is 2.14 bits per heavy atom. The highest BCUT2D eigenvalue weighted by Crippen LogP contribution is 2.41. The predicted octanol–water partition coefficient (Wildman–Crippen LogP) is 1.88. The average Bonchev–Trinajstić information content (AvgIpc) is 2.16. The third-order valence-corrected chi connectivity index (χ3v) is 4.26. The third kappa shape index (κ3) is 1.96. The second kappa shape index (κ2) is 4.19. The fourth-order valence-electron chi connectivity index (χ4n) is 3.39. The summed E-state index contributed by atoms with van der Waals surface area (Å²) in [5.74, 6) is 1.73. The molecule has 14 heavy (non-hydrogen) atoms. The molecule has 2 nitrogen and oxygen atoms in total. The van der Waals surface area contributed by atoms with Crippen molar-refractivity contribution < 1.29 is 5.11 Å². The van der Waals surface area contributed by atoms with Crippen LogP contribution >= 0.6 is 0 Å². The molecule has 0 aliphatic heterocycles. The Bertz CT molecular complexity index is 193. The Morgan fingerprint density at radius 1 is 1.00 bits per heavy atom. The zero-order valence-corrected chi connectivity index (χ0v) is 9.45. The Kier molecular flexibility index (Phi) is 3.13. The first-order chi connectivity index (χ1) is 6.68. The smallest absolute Gasteiger partial charge is 0.0698 e. The Hall–Kier alpha value is -0.0800. The molecular formula is C12H23NO. The van der Waals surface area contributed by atoms with E-state index in [0.717, 1.165) is 18.3 Å². The molecule has 0 spiro atoms. The maximum atomic E-state index is 10.0. The Labute approximate surface area is 87.3 Å². The minimum Gasteiger partial charge on any atom is -0.391 e. The van der Waals surface area contributed by atoms with Crippen LogP contribution in [0.3, 0.4) is 0 Å². The van der Waals surface area contributed by atoms with Crippen LogP contribution in [-0.4, -0.2) is 36.2 Å². The van der Waals surface area contributed by atoms with Crippen LogP contribution in [0, 0.1) is 11.8 Å². The topological polar surface area (TPSA) is 23.5 Å². The van der Waals surface area contributed by atoms with Gasteiger partial charge in [0.15, 0.2) is 0 Å². The zero-order chi connectivity index (χ0) is 10.1. The second-order valence-electron chi connectivity index (χ2n) is 5.37. The highest BCUT2D eigenvalue weighted by molar-refractivity contribution is 4.91. The lowest BCUT2D eigenvalue weighted by Gasteiger charge is -2.44. The van der Waals surface area contributed by atoms with Gasteiger partial charge in [-0.05, 0) is 38.8 Å². The van der Waals surface area contributed by atoms with Gasteiger partial charge in [0, 0.05) is 6.04 Å². The zero-order valence-electron chi connectivity index (χ0n) is 9.45. The minimum absolute atomic E-state index is 0.0793. The summed E-state index contributed by atoms with van der Waals surface area (Å²) >= 11 is 0. The van der Waals surface area contributed by atoms with E-state index in [-0.39, 0.29) is 6.10 Å². The van der Waals surface area contributed by atoms with Crippen LogP contribution in [0.25, 0.3) is 0 Å². The summed E-state index contributed by atoms with van der Waals surface area (Å²) in [6.07, 6.45) is 7.76. The summed E-state index contributed by atoms with van der Waals surface area (Å²) in [7, 11) is 4.19. The molecule has 0 aromatic carbocycles. The first-order valence-electron chi connectivity index (χ1n) is 6.03. The molecule has 82 valence electrons. The van der Waals surface area contributed by atoms with Crippen molar-refractivity contribution in [2.45, 2.75) is 50.7 Å². The molecule has 4 atom stereocenters. The molecule has 0 bridgehead atoms. The van der Waals surface area contributed by atoms with Crippen LogP contribution in [0.1, 0.15) is 38.5 Å². The van der Waals surface area contributed by atoms with Crippen LogP contribution in [0.15, 0.2) is 0 Å². The molecule has 0 aromatic heterocycles. The van der Waals surface area contributed by atoms with Crippen LogP contribution in [0.2, 0.25) is 0 Å². The summed E-state index contributed by atoms with van der Waals surface area (Å²) < 4.78 is 0. The van der Waals surface area contributed by atoms with Crippen LogP contribution < -0.4 is 0 Å². The maximum Gasteiger partial charge on any atom is 0.0698 e. The van der Waals surface area contributed by atoms with Gasteiger partial charge in [-0.2, -0.15) is 0 Å².